The topological polar surface area (TPSA) is 23.5 Å². The Balaban J connectivity index is 1.69. The van der Waals surface area contributed by atoms with Crippen LogP contribution in [0, 0.1) is 0 Å². The summed E-state index contributed by atoms with van der Waals surface area (Å²) in [5.74, 6) is 0.656. The first kappa shape index (κ1) is 14.2. The van der Waals surface area contributed by atoms with Gasteiger partial charge in [-0.1, -0.05) is 30.3 Å². The summed E-state index contributed by atoms with van der Waals surface area (Å²) in [6.45, 7) is 2.35. The minimum absolute atomic E-state index is 0.502. The Morgan fingerprint density at radius 1 is 1.09 bits per heavy atom. The zero-order valence-corrected chi connectivity index (χ0v) is 13.6. The van der Waals surface area contributed by atoms with Crippen molar-refractivity contribution in [2.45, 2.75) is 24.9 Å². The fourth-order valence-corrected chi connectivity index (χ4v) is 4.79. The Hall–Kier alpha value is -1.42. The average molecular weight is 311 g/mol. The normalized spacial score (nSPS) is 22.2. The molecule has 1 aromatic carbocycles. The molecule has 2 heterocycles. The predicted molar refractivity (Wildman–Crippen MR) is 93.2 cm³/mol. The quantitative estimate of drug-likeness (QED) is 0.856. The SMILES string of the molecule is CN1CCC(c2cc3c(s2)C=Cc2ccccc2C3O)CC1. The lowest BCUT2D eigenvalue weighted by molar-refractivity contribution is 0.220. The summed E-state index contributed by atoms with van der Waals surface area (Å²) in [7, 11) is 2.20. The third-order valence-electron chi connectivity index (χ3n) is 4.93. The zero-order valence-electron chi connectivity index (χ0n) is 12.8. The van der Waals surface area contributed by atoms with Crippen LogP contribution < -0.4 is 0 Å². The summed E-state index contributed by atoms with van der Waals surface area (Å²) in [6.07, 6.45) is 6.27. The molecule has 1 aromatic heterocycles. The van der Waals surface area contributed by atoms with Gasteiger partial charge >= 0.3 is 0 Å². The van der Waals surface area contributed by atoms with Crippen LogP contribution in [-0.2, 0) is 0 Å². The molecule has 1 fully saturated rings. The lowest BCUT2D eigenvalue weighted by atomic mass is 9.93. The molecule has 0 spiro atoms. The van der Waals surface area contributed by atoms with Gasteiger partial charge in [0.15, 0.2) is 0 Å². The molecular formula is C19H21NOS. The van der Waals surface area contributed by atoms with Gasteiger partial charge in [-0.15, -0.1) is 11.3 Å². The molecule has 4 rings (SSSR count). The molecule has 22 heavy (non-hydrogen) atoms. The highest BCUT2D eigenvalue weighted by Gasteiger charge is 2.25. The van der Waals surface area contributed by atoms with Crippen LogP contribution in [0.1, 0.15) is 51.3 Å². The van der Waals surface area contributed by atoms with Gasteiger partial charge in [-0.05, 0) is 62.2 Å². The van der Waals surface area contributed by atoms with Crippen LogP contribution in [0.15, 0.2) is 30.3 Å². The van der Waals surface area contributed by atoms with E-state index < -0.39 is 6.10 Å². The second-order valence-corrected chi connectivity index (χ2v) is 7.53. The second-order valence-electron chi connectivity index (χ2n) is 6.41. The van der Waals surface area contributed by atoms with Gasteiger partial charge in [0.1, 0.15) is 6.10 Å². The van der Waals surface area contributed by atoms with E-state index in [9.17, 15) is 5.11 Å². The molecule has 0 saturated carbocycles. The highest BCUT2D eigenvalue weighted by atomic mass is 32.1. The lowest BCUT2D eigenvalue weighted by Gasteiger charge is -2.28. The molecule has 2 aromatic rings. The van der Waals surface area contributed by atoms with Gasteiger partial charge in [0, 0.05) is 15.3 Å². The van der Waals surface area contributed by atoms with Crippen molar-refractivity contribution in [3.63, 3.8) is 0 Å². The van der Waals surface area contributed by atoms with E-state index in [0.717, 1.165) is 16.7 Å². The van der Waals surface area contributed by atoms with Crippen LogP contribution in [-0.4, -0.2) is 30.1 Å². The maximum absolute atomic E-state index is 10.8. The van der Waals surface area contributed by atoms with E-state index in [-0.39, 0.29) is 0 Å². The number of hydrogen-bond donors (Lipinski definition) is 1. The number of fused-ring (bicyclic) bond motifs is 2. The Morgan fingerprint density at radius 2 is 1.86 bits per heavy atom. The maximum Gasteiger partial charge on any atom is 0.106 e. The van der Waals surface area contributed by atoms with Crippen LogP contribution in [0.25, 0.3) is 12.2 Å². The number of hydrogen-bond acceptors (Lipinski definition) is 3. The third-order valence-corrected chi connectivity index (χ3v) is 6.21. The van der Waals surface area contributed by atoms with Gasteiger partial charge in [-0.25, -0.2) is 0 Å². The van der Waals surface area contributed by atoms with E-state index in [2.05, 4.69) is 36.2 Å². The van der Waals surface area contributed by atoms with Crippen molar-refractivity contribution in [3.05, 3.63) is 56.8 Å². The fourth-order valence-electron chi connectivity index (χ4n) is 3.52. The minimum Gasteiger partial charge on any atom is -0.384 e. The molecule has 1 aliphatic heterocycles. The Kier molecular flexibility index (Phi) is 3.65. The van der Waals surface area contributed by atoms with Crippen molar-refractivity contribution < 1.29 is 5.11 Å². The monoisotopic (exact) mass is 311 g/mol. The molecule has 3 heteroatoms. The summed E-state index contributed by atoms with van der Waals surface area (Å²) >= 11 is 1.87. The van der Waals surface area contributed by atoms with Crippen LogP contribution in [0.4, 0.5) is 0 Å². The lowest BCUT2D eigenvalue weighted by Crippen LogP contribution is -2.28. The van der Waals surface area contributed by atoms with E-state index in [0.29, 0.717) is 5.92 Å². The van der Waals surface area contributed by atoms with E-state index in [1.165, 1.54) is 35.7 Å². The minimum atomic E-state index is -0.502. The van der Waals surface area contributed by atoms with Crippen molar-refractivity contribution in [1.82, 2.24) is 4.90 Å². The number of piperidine rings is 1. The molecule has 0 bridgehead atoms. The summed E-state index contributed by atoms with van der Waals surface area (Å²) in [5, 5.41) is 10.8. The van der Waals surface area contributed by atoms with Gasteiger partial charge in [0.25, 0.3) is 0 Å². The predicted octanol–water partition coefficient (Wildman–Crippen LogP) is 4.12. The number of benzene rings is 1. The summed E-state index contributed by atoms with van der Waals surface area (Å²) in [6, 6.07) is 10.4. The number of thiophene rings is 1. The molecule has 1 atom stereocenters. The smallest absolute Gasteiger partial charge is 0.106 e. The fraction of sp³-hybridized carbons (Fsp3) is 0.368. The van der Waals surface area contributed by atoms with Crippen molar-refractivity contribution in [3.8, 4) is 0 Å². The van der Waals surface area contributed by atoms with Gasteiger partial charge < -0.3 is 10.0 Å². The largest absolute Gasteiger partial charge is 0.384 e. The van der Waals surface area contributed by atoms with Crippen molar-refractivity contribution in [2.75, 3.05) is 20.1 Å². The molecule has 1 unspecified atom stereocenters. The Bertz CT molecular complexity index is 710. The Morgan fingerprint density at radius 3 is 2.68 bits per heavy atom. The number of aliphatic hydroxyl groups excluding tert-OH is 1. The molecule has 2 nitrogen and oxygen atoms in total. The van der Waals surface area contributed by atoms with Crippen LogP contribution in [0.5, 0.6) is 0 Å². The molecule has 0 radical (unpaired) electrons. The summed E-state index contributed by atoms with van der Waals surface area (Å²) < 4.78 is 0. The molecule has 1 N–H and O–H groups in total. The van der Waals surface area contributed by atoms with Gasteiger partial charge in [0.05, 0.1) is 0 Å². The first-order valence-corrected chi connectivity index (χ1v) is 8.81. The van der Waals surface area contributed by atoms with E-state index in [4.69, 9.17) is 0 Å². The molecular weight excluding hydrogens is 290 g/mol. The maximum atomic E-state index is 10.8. The average Bonchev–Trinajstić information content (AvgIpc) is 2.92. The highest BCUT2D eigenvalue weighted by molar-refractivity contribution is 7.13. The molecule has 2 aliphatic rings. The highest BCUT2D eigenvalue weighted by Crippen LogP contribution is 2.41. The van der Waals surface area contributed by atoms with Crippen molar-refractivity contribution in [1.29, 1.82) is 0 Å². The second kappa shape index (κ2) is 5.65. The zero-order chi connectivity index (χ0) is 15.1. The first-order valence-electron chi connectivity index (χ1n) is 7.99. The van der Waals surface area contributed by atoms with Crippen LogP contribution in [0.2, 0.25) is 0 Å². The van der Waals surface area contributed by atoms with Crippen molar-refractivity contribution in [2.24, 2.45) is 0 Å². The summed E-state index contributed by atoms with van der Waals surface area (Å²) in [4.78, 5) is 5.07. The number of aliphatic hydroxyl groups is 1. The van der Waals surface area contributed by atoms with Crippen LogP contribution >= 0.6 is 11.3 Å². The van der Waals surface area contributed by atoms with Gasteiger partial charge in [0.2, 0.25) is 0 Å². The molecule has 1 aliphatic carbocycles. The molecule has 114 valence electrons. The number of nitrogens with zero attached hydrogens (tertiary/aromatic N) is 1. The van der Waals surface area contributed by atoms with E-state index in [1.54, 1.807) is 0 Å². The third kappa shape index (κ3) is 2.43. The van der Waals surface area contributed by atoms with Gasteiger partial charge in [-0.2, -0.15) is 0 Å². The van der Waals surface area contributed by atoms with Crippen molar-refractivity contribution >= 4 is 23.5 Å². The Labute approximate surface area is 135 Å². The van der Waals surface area contributed by atoms with Crippen LogP contribution in [0.3, 0.4) is 0 Å². The van der Waals surface area contributed by atoms with Gasteiger partial charge in [-0.3, -0.25) is 0 Å². The standard InChI is InChI=1S/C19H21NOS/c1-20-10-8-14(9-11-20)18-12-16-17(22-18)7-6-13-4-2-3-5-15(13)19(16)21/h2-7,12,14,19,21H,8-11H2,1H3. The van der Waals surface area contributed by atoms with E-state index in [1.807, 2.05) is 29.5 Å². The first-order chi connectivity index (χ1) is 10.7. The molecule has 0 amide bonds. The summed E-state index contributed by atoms with van der Waals surface area (Å²) in [5.41, 5.74) is 3.23. The van der Waals surface area contributed by atoms with E-state index >= 15 is 0 Å². The molecule has 1 saturated heterocycles. The number of rotatable bonds is 1. The number of likely N-dealkylation sites (tertiary alicyclic amines) is 1.